The van der Waals surface area contributed by atoms with Crippen LogP contribution in [-0.4, -0.2) is 43.9 Å². The van der Waals surface area contributed by atoms with Gasteiger partial charge in [-0.2, -0.15) is 4.31 Å². The molecule has 0 spiro atoms. The van der Waals surface area contributed by atoms with Gasteiger partial charge in [0.25, 0.3) is 0 Å². The Hall–Kier alpha value is -2.28. The Balaban J connectivity index is 1.53. The molecule has 0 aliphatic carbocycles. The van der Waals surface area contributed by atoms with Crippen molar-refractivity contribution in [2.75, 3.05) is 31.1 Å². The van der Waals surface area contributed by atoms with Crippen LogP contribution in [0.2, 0.25) is 5.02 Å². The van der Waals surface area contributed by atoms with Gasteiger partial charge in [0.2, 0.25) is 15.8 Å². The fourth-order valence-electron chi connectivity index (χ4n) is 3.22. The minimum atomic E-state index is -4.95. The van der Waals surface area contributed by atoms with Gasteiger partial charge in [0.1, 0.15) is 0 Å². The molecule has 0 bridgehead atoms. The minimum Gasteiger partial charge on any atom is -0.345 e. The molecule has 4 rings (SSSR count). The number of anilines is 1. The van der Waals surface area contributed by atoms with Crippen LogP contribution in [0, 0.1) is 29.1 Å². The van der Waals surface area contributed by atoms with Crippen LogP contribution in [0.25, 0.3) is 11.3 Å². The lowest BCUT2D eigenvalue weighted by Crippen LogP contribution is -2.49. The maximum absolute atomic E-state index is 14.0. The quantitative estimate of drug-likeness (QED) is 0.291. The first-order chi connectivity index (χ1) is 15.1. The molecule has 1 aliphatic heterocycles. The van der Waals surface area contributed by atoms with Gasteiger partial charge in [0.05, 0.1) is 5.69 Å². The van der Waals surface area contributed by atoms with Crippen LogP contribution >= 0.6 is 22.9 Å². The van der Waals surface area contributed by atoms with Crippen LogP contribution in [0.15, 0.2) is 34.5 Å². The zero-order valence-electron chi connectivity index (χ0n) is 16.0. The van der Waals surface area contributed by atoms with Gasteiger partial charge in [-0.15, -0.1) is 11.3 Å². The van der Waals surface area contributed by atoms with E-state index >= 15 is 0 Å². The van der Waals surface area contributed by atoms with Crippen molar-refractivity contribution >= 4 is 38.1 Å². The van der Waals surface area contributed by atoms with Gasteiger partial charge in [-0.1, -0.05) is 23.7 Å². The van der Waals surface area contributed by atoms with E-state index in [-0.39, 0.29) is 26.2 Å². The van der Waals surface area contributed by atoms with Crippen LogP contribution in [0.4, 0.5) is 27.1 Å². The number of benzene rings is 2. The Morgan fingerprint density at radius 2 is 1.38 bits per heavy atom. The zero-order valence-corrected chi connectivity index (χ0v) is 18.3. The molecule has 0 radical (unpaired) electrons. The average Bonchev–Trinajstić information content (AvgIpc) is 3.27. The van der Waals surface area contributed by atoms with Crippen molar-refractivity contribution in [3.8, 4) is 11.3 Å². The van der Waals surface area contributed by atoms with Crippen molar-refractivity contribution in [3.63, 3.8) is 0 Å². The molecule has 0 unspecified atom stereocenters. The molecular formula is C19H13ClF5N3O2S2. The molecular weight excluding hydrogens is 497 g/mol. The van der Waals surface area contributed by atoms with Gasteiger partial charge >= 0.3 is 0 Å². The van der Waals surface area contributed by atoms with Crippen LogP contribution in [0.5, 0.6) is 0 Å². The normalized spacial score (nSPS) is 15.4. The van der Waals surface area contributed by atoms with E-state index in [1.54, 1.807) is 29.2 Å². The summed E-state index contributed by atoms with van der Waals surface area (Å²) in [4.78, 5) is 4.44. The first-order valence-corrected chi connectivity index (χ1v) is 11.8. The second kappa shape index (κ2) is 8.58. The summed E-state index contributed by atoms with van der Waals surface area (Å²) in [6.45, 7) is -0.222. The maximum atomic E-state index is 14.0. The van der Waals surface area contributed by atoms with E-state index < -0.39 is 44.0 Å². The molecule has 13 heteroatoms. The molecule has 0 amide bonds. The monoisotopic (exact) mass is 509 g/mol. The van der Waals surface area contributed by atoms with Crippen molar-refractivity contribution in [3.05, 3.63) is 63.8 Å². The molecule has 170 valence electrons. The highest BCUT2D eigenvalue weighted by Gasteiger charge is 2.38. The third-order valence-electron chi connectivity index (χ3n) is 4.91. The Labute approximate surface area is 188 Å². The van der Waals surface area contributed by atoms with Gasteiger partial charge in [0, 0.05) is 42.1 Å². The summed E-state index contributed by atoms with van der Waals surface area (Å²) in [7, 11) is -4.95. The molecule has 32 heavy (non-hydrogen) atoms. The molecule has 1 saturated heterocycles. The molecule has 0 saturated carbocycles. The molecule has 2 heterocycles. The van der Waals surface area contributed by atoms with Gasteiger partial charge < -0.3 is 4.90 Å². The fraction of sp³-hybridized carbons (Fsp3) is 0.211. The van der Waals surface area contributed by atoms with E-state index in [0.29, 0.717) is 20.2 Å². The van der Waals surface area contributed by atoms with Crippen molar-refractivity contribution < 1.29 is 30.4 Å². The van der Waals surface area contributed by atoms with Crippen LogP contribution in [0.1, 0.15) is 0 Å². The second-order valence-electron chi connectivity index (χ2n) is 6.81. The van der Waals surface area contributed by atoms with E-state index in [1.807, 2.05) is 5.38 Å². The number of rotatable bonds is 4. The molecule has 2 aromatic carbocycles. The summed E-state index contributed by atoms with van der Waals surface area (Å²) >= 11 is 7.20. The van der Waals surface area contributed by atoms with Gasteiger partial charge in [-0.3, -0.25) is 0 Å². The molecule has 0 atom stereocenters. The number of halogens is 6. The predicted molar refractivity (Wildman–Crippen MR) is 110 cm³/mol. The van der Waals surface area contributed by atoms with Crippen molar-refractivity contribution in [2.24, 2.45) is 0 Å². The summed E-state index contributed by atoms with van der Waals surface area (Å²) in [6.07, 6.45) is 0. The largest absolute Gasteiger partial charge is 0.345 e. The summed E-state index contributed by atoms with van der Waals surface area (Å²) in [6, 6.07) is 7.04. The summed E-state index contributed by atoms with van der Waals surface area (Å²) in [5, 5.41) is 3.00. The van der Waals surface area contributed by atoms with Crippen LogP contribution in [-0.2, 0) is 10.0 Å². The van der Waals surface area contributed by atoms with Gasteiger partial charge in [-0.25, -0.2) is 35.4 Å². The number of aromatic nitrogens is 1. The fourth-order valence-corrected chi connectivity index (χ4v) is 5.77. The highest BCUT2D eigenvalue weighted by Crippen LogP contribution is 2.32. The number of sulfonamides is 1. The van der Waals surface area contributed by atoms with E-state index in [4.69, 9.17) is 11.6 Å². The van der Waals surface area contributed by atoms with Crippen molar-refractivity contribution in [1.29, 1.82) is 0 Å². The lowest BCUT2D eigenvalue weighted by atomic mass is 10.2. The zero-order chi connectivity index (χ0) is 23.2. The number of thiazole rings is 1. The lowest BCUT2D eigenvalue weighted by Gasteiger charge is -2.33. The van der Waals surface area contributed by atoms with Crippen molar-refractivity contribution in [1.82, 2.24) is 9.29 Å². The SMILES string of the molecule is O=S(=O)(c1c(F)c(F)c(F)c(F)c1F)N1CCN(c2nc(-c3ccc(Cl)cc3)cs2)CC1. The van der Waals surface area contributed by atoms with Crippen LogP contribution in [0.3, 0.4) is 0 Å². The topological polar surface area (TPSA) is 53.5 Å². The minimum absolute atomic E-state index is 0.113. The molecule has 3 aromatic rings. The third kappa shape index (κ3) is 3.96. The Kier molecular flexibility index (Phi) is 6.14. The van der Waals surface area contributed by atoms with E-state index in [0.717, 1.165) is 5.56 Å². The molecule has 1 aliphatic rings. The summed E-state index contributed by atoms with van der Waals surface area (Å²) in [5.41, 5.74) is 1.53. The molecule has 5 nitrogen and oxygen atoms in total. The van der Waals surface area contributed by atoms with E-state index in [2.05, 4.69) is 4.98 Å². The third-order valence-corrected chi connectivity index (χ3v) is 7.98. The number of hydrogen-bond acceptors (Lipinski definition) is 5. The molecule has 0 N–H and O–H groups in total. The second-order valence-corrected chi connectivity index (χ2v) is 9.96. The van der Waals surface area contributed by atoms with E-state index in [1.165, 1.54) is 11.3 Å². The summed E-state index contributed by atoms with van der Waals surface area (Å²) in [5.74, 6) is -11.8. The van der Waals surface area contributed by atoms with E-state index in [9.17, 15) is 30.4 Å². The summed E-state index contributed by atoms with van der Waals surface area (Å²) < 4.78 is 94.3. The first kappa shape index (κ1) is 22.9. The number of hydrogen-bond donors (Lipinski definition) is 0. The number of piperazine rings is 1. The smallest absolute Gasteiger partial charge is 0.249 e. The van der Waals surface area contributed by atoms with Gasteiger partial charge in [0.15, 0.2) is 33.3 Å². The molecule has 1 aromatic heterocycles. The highest BCUT2D eigenvalue weighted by atomic mass is 35.5. The van der Waals surface area contributed by atoms with Crippen molar-refractivity contribution in [2.45, 2.75) is 4.90 Å². The number of nitrogens with zero attached hydrogens (tertiary/aromatic N) is 3. The highest BCUT2D eigenvalue weighted by molar-refractivity contribution is 7.89. The maximum Gasteiger partial charge on any atom is 0.249 e. The standard InChI is InChI=1S/C19H13ClF5N3O2S2/c20-11-3-1-10(2-4-11)12-9-31-19(26-12)27-5-7-28(8-6-27)32(29,30)18-16(24)14(22)13(21)15(23)17(18)25/h1-4,9H,5-8H2. The van der Waals surface area contributed by atoms with Gasteiger partial charge in [-0.05, 0) is 12.1 Å². The Morgan fingerprint density at radius 1 is 0.844 bits per heavy atom. The Morgan fingerprint density at radius 3 is 1.94 bits per heavy atom. The molecule has 1 fully saturated rings. The van der Waals surface area contributed by atoms with Crippen LogP contribution < -0.4 is 4.90 Å². The predicted octanol–water partition coefficient (Wildman–Crippen LogP) is 4.67. The first-order valence-electron chi connectivity index (χ1n) is 9.09. The average molecular weight is 510 g/mol. The lowest BCUT2D eigenvalue weighted by molar-refractivity contribution is 0.344. The Bertz CT molecular complexity index is 1250.